The summed E-state index contributed by atoms with van der Waals surface area (Å²) in [5.41, 5.74) is 2.29. The molecule has 0 aromatic carbocycles. The summed E-state index contributed by atoms with van der Waals surface area (Å²) in [6, 6.07) is 0.267. The minimum atomic E-state index is 0.0158. The summed E-state index contributed by atoms with van der Waals surface area (Å²) in [7, 11) is 0. The lowest BCUT2D eigenvalue weighted by Crippen LogP contribution is -2.23. The largest absolute Gasteiger partial charge is 0.381 e. The summed E-state index contributed by atoms with van der Waals surface area (Å²) >= 11 is 0. The summed E-state index contributed by atoms with van der Waals surface area (Å²) < 4.78 is 1.84. The third-order valence-corrected chi connectivity index (χ3v) is 3.72. The van der Waals surface area contributed by atoms with Gasteiger partial charge in [-0.1, -0.05) is 13.8 Å². The van der Waals surface area contributed by atoms with Gasteiger partial charge in [0.2, 0.25) is 0 Å². The molecule has 1 atom stereocenters. The number of aryl methyl sites for hydroxylation is 1. The molecule has 2 aromatic rings. The molecule has 0 fully saturated rings. The summed E-state index contributed by atoms with van der Waals surface area (Å²) in [6.45, 7) is 10.8. The number of hydrogen-bond donors (Lipinski definition) is 1. The third kappa shape index (κ3) is 2.53. The molecular weight excluding hydrogens is 252 g/mol. The number of carbonyl (C=O) groups is 1. The molecule has 20 heavy (non-hydrogen) atoms. The van der Waals surface area contributed by atoms with Crippen molar-refractivity contribution in [1.29, 1.82) is 0 Å². The molecule has 0 saturated carbocycles. The highest BCUT2D eigenvalue weighted by Crippen LogP contribution is 2.27. The number of aromatic nitrogens is 3. The Hall–Kier alpha value is -1.91. The van der Waals surface area contributed by atoms with Gasteiger partial charge in [0.15, 0.2) is 11.4 Å². The van der Waals surface area contributed by atoms with E-state index in [9.17, 15) is 4.79 Å². The number of nitrogens with zero attached hydrogens (tertiary/aromatic N) is 3. The second-order valence-corrected chi connectivity index (χ2v) is 5.48. The number of nitrogens with one attached hydrogen (secondary N) is 1. The van der Waals surface area contributed by atoms with Gasteiger partial charge in [-0.3, -0.25) is 4.79 Å². The Labute approximate surface area is 119 Å². The number of Topliss-reactive ketones (excluding diaryl/α,β-unsaturated/α-hetero) is 1. The minimum Gasteiger partial charge on any atom is -0.381 e. The topological polar surface area (TPSA) is 59.8 Å². The van der Waals surface area contributed by atoms with Gasteiger partial charge in [-0.05, 0) is 26.7 Å². The van der Waals surface area contributed by atoms with E-state index in [1.807, 2.05) is 11.6 Å². The van der Waals surface area contributed by atoms with Gasteiger partial charge >= 0.3 is 0 Å². The quantitative estimate of drug-likeness (QED) is 0.851. The Balaban J connectivity index is 2.59. The molecule has 1 N–H and O–H groups in total. The molecule has 0 aliphatic heterocycles. The van der Waals surface area contributed by atoms with Gasteiger partial charge in [-0.25, -0.2) is 9.67 Å². The van der Waals surface area contributed by atoms with Gasteiger partial charge < -0.3 is 5.32 Å². The van der Waals surface area contributed by atoms with Crippen LogP contribution >= 0.6 is 0 Å². The van der Waals surface area contributed by atoms with E-state index < -0.39 is 0 Å². The minimum absolute atomic E-state index is 0.0158. The highest BCUT2D eigenvalue weighted by atomic mass is 16.1. The first kappa shape index (κ1) is 14.5. The lowest BCUT2D eigenvalue weighted by atomic mass is 10.0. The number of hydrogen-bond acceptors (Lipinski definition) is 4. The highest BCUT2D eigenvalue weighted by Gasteiger charge is 2.18. The predicted octanol–water partition coefficient (Wildman–Crippen LogP) is 3.11. The maximum Gasteiger partial charge on any atom is 0.163 e. The molecular formula is C15H22N4O. The van der Waals surface area contributed by atoms with Gasteiger partial charge in [0.1, 0.15) is 0 Å². The molecule has 0 amide bonds. The fraction of sp³-hybridized carbons (Fsp3) is 0.533. The first-order chi connectivity index (χ1) is 9.45. The summed E-state index contributed by atoms with van der Waals surface area (Å²) in [6.07, 6.45) is 3.43. The fourth-order valence-electron chi connectivity index (χ4n) is 2.07. The van der Waals surface area contributed by atoms with Gasteiger partial charge in [0.25, 0.3) is 0 Å². The van der Waals surface area contributed by atoms with Crippen molar-refractivity contribution >= 4 is 22.5 Å². The number of anilines is 1. The van der Waals surface area contributed by atoms with E-state index in [1.165, 1.54) is 0 Å². The number of rotatable bonds is 5. The van der Waals surface area contributed by atoms with Crippen LogP contribution in [0.15, 0.2) is 12.4 Å². The van der Waals surface area contributed by atoms with Crippen LogP contribution in [0.3, 0.4) is 0 Å². The molecule has 0 aliphatic carbocycles. The van der Waals surface area contributed by atoms with E-state index in [2.05, 4.69) is 36.2 Å². The van der Waals surface area contributed by atoms with Crippen molar-refractivity contribution < 1.29 is 4.79 Å². The van der Waals surface area contributed by atoms with Crippen LogP contribution in [-0.2, 0) is 6.54 Å². The maximum atomic E-state index is 11.8. The van der Waals surface area contributed by atoms with Crippen molar-refractivity contribution in [2.24, 2.45) is 5.92 Å². The van der Waals surface area contributed by atoms with Crippen LogP contribution in [0, 0.1) is 5.92 Å². The maximum absolute atomic E-state index is 11.8. The molecule has 0 radical (unpaired) electrons. The van der Waals surface area contributed by atoms with Crippen LogP contribution in [0.4, 0.5) is 5.69 Å². The summed E-state index contributed by atoms with van der Waals surface area (Å²) in [5, 5.41) is 8.70. The molecule has 108 valence electrons. The van der Waals surface area contributed by atoms with E-state index in [4.69, 9.17) is 0 Å². The molecule has 0 bridgehead atoms. The molecule has 0 spiro atoms. The Kier molecular flexibility index (Phi) is 4.06. The fourth-order valence-corrected chi connectivity index (χ4v) is 2.07. The van der Waals surface area contributed by atoms with Gasteiger partial charge in [0.05, 0.1) is 22.8 Å². The molecule has 2 rings (SSSR count). The van der Waals surface area contributed by atoms with Crippen molar-refractivity contribution in [2.75, 3.05) is 5.32 Å². The van der Waals surface area contributed by atoms with Crippen LogP contribution in [0.5, 0.6) is 0 Å². The standard InChI is InChI=1S/C15H22N4O/c1-6-19-15-13(8-17-19)14(18-10(4)9(2)3)12(7-16-15)11(5)20/h7-10H,6H2,1-5H3,(H,16,18)/t10-/m0/s1. The normalized spacial score (nSPS) is 12.9. The zero-order chi connectivity index (χ0) is 14.9. The number of pyridine rings is 1. The van der Waals surface area contributed by atoms with Crippen molar-refractivity contribution in [3.05, 3.63) is 18.0 Å². The molecule has 0 aliphatic rings. The van der Waals surface area contributed by atoms with Crippen molar-refractivity contribution in [2.45, 2.75) is 47.2 Å². The average Bonchev–Trinajstić information content (AvgIpc) is 2.81. The van der Waals surface area contributed by atoms with Crippen molar-refractivity contribution in [3.8, 4) is 0 Å². The predicted molar refractivity (Wildman–Crippen MR) is 81.1 cm³/mol. The lowest BCUT2D eigenvalue weighted by molar-refractivity contribution is 0.101. The van der Waals surface area contributed by atoms with E-state index in [1.54, 1.807) is 19.3 Å². The first-order valence-corrected chi connectivity index (χ1v) is 7.07. The second kappa shape index (κ2) is 5.61. The van der Waals surface area contributed by atoms with Crippen LogP contribution in [0.2, 0.25) is 0 Å². The number of ketones is 1. The average molecular weight is 274 g/mol. The highest BCUT2D eigenvalue weighted by molar-refractivity contribution is 6.06. The zero-order valence-corrected chi connectivity index (χ0v) is 12.8. The Morgan fingerprint density at radius 2 is 2.05 bits per heavy atom. The first-order valence-electron chi connectivity index (χ1n) is 7.07. The van der Waals surface area contributed by atoms with E-state index in [0.717, 1.165) is 23.3 Å². The van der Waals surface area contributed by atoms with Crippen LogP contribution < -0.4 is 5.32 Å². The van der Waals surface area contributed by atoms with Crippen molar-refractivity contribution in [1.82, 2.24) is 14.8 Å². The molecule has 2 aromatic heterocycles. The van der Waals surface area contributed by atoms with Crippen LogP contribution in [0.25, 0.3) is 11.0 Å². The number of fused-ring (bicyclic) bond motifs is 1. The van der Waals surface area contributed by atoms with Gasteiger partial charge in [-0.15, -0.1) is 0 Å². The third-order valence-electron chi connectivity index (χ3n) is 3.72. The lowest BCUT2D eigenvalue weighted by Gasteiger charge is -2.21. The van der Waals surface area contributed by atoms with Crippen molar-refractivity contribution in [3.63, 3.8) is 0 Å². The van der Waals surface area contributed by atoms with Crippen LogP contribution in [-0.4, -0.2) is 26.6 Å². The molecule has 5 nitrogen and oxygen atoms in total. The molecule has 0 saturated heterocycles. The number of carbonyl (C=O) groups excluding carboxylic acids is 1. The Morgan fingerprint density at radius 1 is 1.35 bits per heavy atom. The van der Waals surface area contributed by atoms with E-state index in [0.29, 0.717) is 11.5 Å². The Bertz CT molecular complexity index is 630. The monoisotopic (exact) mass is 274 g/mol. The van der Waals surface area contributed by atoms with Gasteiger partial charge in [0, 0.05) is 18.8 Å². The van der Waals surface area contributed by atoms with E-state index in [-0.39, 0.29) is 11.8 Å². The zero-order valence-electron chi connectivity index (χ0n) is 12.8. The van der Waals surface area contributed by atoms with E-state index >= 15 is 0 Å². The van der Waals surface area contributed by atoms with Gasteiger partial charge in [-0.2, -0.15) is 5.10 Å². The van der Waals surface area contributed by atoms with Crippen LogP contribution in [0.1, 0.15) is 45.0 Å². The Morgan fingerprint density at radius 3 is 2.60 bits per heavy atom. The summed E-state index contributed by atoms with van der Waals surface area (Å²) in [4.78, 5) is 16.2. The molecule has 5 heteroatoms. The SMILES string of the molecule is CCn1ncc2c(N[C@@H](C)C(C)C)c(C(C)=O)cnc21. The second-order valence-electron chi connectivity index (χ2n) is 5.48. The molecule has 2 heterocycles. The smallest absolute Gasteiger partial charge is 0.163 e. The molecule has 0 unspecified atom stereocenters. The summed E-state index contributed by atoms with van der Waals surface area (Å²) in [5.74, 6) is 0.487.